The van der Waals surface area contributed by atoms with Crippen molar-refractivity contribution in [3.8, 4) is 0 Å². The number of sulfone groups is 1. The summed E-state index contributed by atoms with van der Waals surface area (Å²) >= 11 is 0. The summed E-state index contributed by atoms with van der Waals surface area (Å²) < 4.78 is 36.8. The summed E-state index contributed by atoms with van der Waals surface area (Å²) in [6.45, 7) is 3.78. The van der Waals surface area contributed by atoms with Gasteiger partial charge < -0.3 is 18.9 Å². The molecular weight excluding hydrogens is 394 g/mol. The number of aromatic nitrogens is 2. The number of carbonyl (C=O) groups is 1. The maximum Gasteiger partial charge on any atom is 0.242 e. The second-order valence-corrected chi connectivity index (χ2v) is 10.3. The maximum absolute atomic E-state index is 13.2. The van der Waals surface area contributed by atoms with Crippen LogP contribution in [-0.4, -0.2) is 74.5 Å². The number of para-hydroxylation sites is 2. The number of amides is 1. The molecule has 9 heteroatoms. The topological polar surface area (TPSA) is 90.7 Å². The number of imidazole rings is 1. The van der Waals surface area contributed by atoms with Crippen molar-refractivity contribution < 1.29 is 22.7 Å². The molecule has 1 spiro atoms. The van der Waals surface area contributed by atoms with E-state index in [1.165, 1.54) is 6.26 Å². The Kier molecular flexibility index (Phi) is 5.63. The molecule has 8 nitrogen and oxygen atoms in total. The van der Waals surface area contributed by atoms with Gasteiger partial charge >= 0.3 is 0 Å². The Labute approximate surface area is 170 Å². The van der Waals surface area contributed by atoms with Gasteiger partial charge in [-0.25, -0.2) is 13.4 Å². The Bertz CT molecular complexity index is 995. The van der Waals surface area contributed by atoms with Gasteiger partial charge in [0.2, 0.25) is 5.91 Å². The lowest BCUT2D eigenvalue weighted by Crippen LogP contribution is -2.45. The summed E-state index contributed by atoms with van der Waals surface area (Å²) in [6, 6.07) is 7.42. The largest absolute Gasteiger partial charge is 0.381 e. The van der Waals surface area contributed by atoms with Gasteiger partial charge in [0.15, 0.2) is 9.84 Å². The molecule has 158 valence electrons. The van der Waals surface area contributed by atoms with E-state index >= 15 is 0 Å². The second kappa shape index (κ2) is 8.04. The number of ether oxygens (including phenoxy) is 2. The second-order valence-electron chi connectivity index (χ2n) is 8.15. The first-order valence-corrected chi connectivity index (χ1v) is 12.0. The van der Waals surface area contributed by atoms with Crippen LogP contribution >= 0.6 is 0 Å². The van der Waals surface area contributed by atoms with Gasteiger partial charge in [-0.3, -0.25) is 4.79 Å². The molecule has 1 aromatic carbocycles. The highest BCUT2D eigenvalue weighted by Crippen LogP contribution is 2.33. The fourth-order valence-corrected chi connectivity index (χ4v) is 4.88. The van der Waals surface area contributed by atoms with E-state index < -0.39 is 9.84 Å². The summed E-state index contributed by atoms with van der Waals surface area (Å²) in [5, 5.41) is 0. The lowest BCUT2D eigenvalue weighted by atomic mass is 9.80. The van der Waals surface area contributed by atoms with Crippen molar-refractivity contribution in [2.24, 2.45) is 5.41 Å². The van der Waals surface area contributed by atoms with Crippen molar-refractivity contribution in [3.05, 3.63) is 30.1 Å². The van der Waals surface area contributed by atoms with Crippen LogP contribution in [0.2, 0.25) is 0 Å². The van der Waals surface area contributed by atoms with Crippen molar-refractivity contribution >= 4 is 26.8 Å². The molecule has 1 amide bonds. The summed E-state index contributed by atoms with van der Waals surface area (Å²) in [5.41, 5.74) is 1.40. The number of rotatable bonds is 4. The van der Waals surface area contributed by atoms with Crippen LogP contribution in [-0.2, 0) is 36.4 Å². The molecule has 0 N–H and O–H groups in total. The standard InChI is InChI=1S/C20H27N3O5S/c1-29(25,26)13-18-21-16-4-2-3-5-17(16)23(18)12-19(24)22-8-11-28-15-20(14-22)6-9-27-10-7-20/h2-5H,6-15H2,1H3. The maximum atomic E-state index is 13.2. The van der Waals surface area contributed by atoms with Crippen molar-refractivity contribution in [3.63, 3.8) is 0 Å². The zero-order chi connectivity index (χ0) is 20.5. The fourth-order valence-electron chi connectivity index (χ4n) is 4.19. The zero-order valence-electron chi connectivity index (χ0n) is 16.7. The van der Waals surface area contributed by atoms with Crippen LogP contribution < -0.4 is 0 Å². The average Bonchev–Trinajstić information content (AvgIpc) is 2.86. The molecule has 0 bridgehead atoms. The number of hydrogen-bond donors (Lipinski definition) is 0. The molecule has 1 aromatic heterocycles. The third-order valence-electron chi connectivity index (χ3n) is 5.76. The summed E-state index contributed by atoms with van der Waals surface area (Å²) in [4.78, 5) is 19.6. The van der Waals surface area contributed by atoms with E-state index in [1.54, 1.807) is 4.57 Å². The fraction of sp³-hybridized carbons (Fsp3) is 0.600. The number of benzene rings is 1. The molecule has 0 unspecified atom stereocenters. The molecule has 0 saturated carbocycles. The predicted molar refractivity (Wildman–Crippen MR) is 108 cm³/mol. The molecule has 0 radical (unpaired) electrons. The predicted octanol–water partition coefficient (Wildman–Crippen LogP) is 1.24. The van der Waals surface area contributed by atoms with Crippen molar-refractivity contribution in [1.29, 1.82) is 0 Å². The first-order valence-electron chi connectivity index (χ1n) is 9.90. The van der Waals surface area contributed by atoms with Crippen LogP contribution in [0.3, 0.4) is 0 Å². The number of nitrogens with zero attached hydrogens (tertiary/aromatic N) is 3. The van der Waals surface area contributed by atoms with Gasteiger partial charge in [0.1, 0.15) is 18.1 Å². The van der Waals surface area contributed by atoms with Crippen LogP contribution in [0.1, 0.15) is 18.7 Å². The molecule has 3 heterocycles. The van der Waals surface area contributed by atoms with Gasteiger partial charge in [0.25, 0.3) is 0 Å². The van der Waals surface area contributed by atoms with E-state index in [0.717, 1.165) is 18.4 Å². The normalized spacial score (nSPS) is 20.1. The summed E-state index contributed by atoms with van der Waals surface area (Å²) in [7, 11) is -3.28. The monoisotopic (exact) mass is 421 g/mol. The number of hydrogen-bond acceptors (Lipinski definition) is 6. The smallest absolute Gasteiger partial charge is 0.242 e. The van der Waals surface area contributed by atoms with Gasteiger partial charge in [-0.2, -0.15) is 0 Å². The molecule has 29 heavy (non-hydrogen) atoms. The minimum Gasteiger partial charge on any atom is -0.381 e. The van der Waals surface area contributed by atoms with Gasteiger partial charge in [-0.05, 0) is 25.0 Å². The minimum absolute atomic E-state index is 0.0423. The first-order chi connectivity index (χ1) is 13.9. The van der Waals surface area contributed by atoms with Gasteiger partial charge in [0.05, 0.1) is 24.2 Å². The van der Waals surface area contributed by atoms with Crippen LogP contribution in [0.4, 0.5) is 0 Å². The van der Waals surface area contributed by atoms with Crippen molar-refractivity contribution in [2.75, 3.05) is 45.8 Å². The molecule has 2 aliphatic heterocycles. The van der Waals surface area contributed by atoms with E-state index in [4.69, 9.17) is 9.47 Å². The molecule has 4 rings (SSSR count). The molecule has 2 saturated heterocycles. The minimum atomic E-state index is -3.28. The van der Waals surface area contributed by atoms with Crippen molar-refractivity contribution in [2.45, 2.75) is 25.1 Å². The van der Waals surface area contributed by atoms with Gasteiger partial charge in [0, 0.05) is 38.0 Å². The Morgan fingerprint density at radius 3 is 2.69 bits per heavy atom. The number of carbonyl (C=O) groups excluding carboxylic acids is 1. The van der Waals surface area contributed by atoms with E-state index in [-0.39, 0.29) is 23.6 Å². The molecule has 2 fully saturated rings. The Morgan fingerprint density at radius 1 is 1.17 bits per heavy atom. The lowest BCUT2D eigenvalue weighted by molar-refractivity contribution is -0.133. The summed E-state index contributed by atoms with van der Waals surface area (Å²) in [6.07, 6.45) is 2.94. The quantitative estimate of drug-likeness (QED) is 0.738. The van der Waals surface area contributed by atoms with E-state index in [0.29, 0.717) is 50.9 Å². The molecule has 2 aromatic rings. The third-order valence-corrected chi connectivity index (χ3v) is 6.55. The summed E-state index contributed by atoms with van der Waals surface area (Å²) in [5.74, 6) is 0.160. The third kappa shape index (κ3) is 4.62. The SMILES string of the molecule is CS(=O)(=O)Cc1nc2ccccc2n1CC(=O)N1CCOCC2(CCOCC2)C1. The molecule has 2 aliphatic rings. The Hall–Kier alpha value is -1.97. The van der Waals surface area contributed by atoms with Gasteiger partial charge in [-0.1, -0.05) is 12.1 Å². The van der Waals surface area contributed by atoms with Crippen molar-refractivity contribution in [1.82, 2.24) is 14.5 Å². The van der Waals surface area contributed by atoms with Crippen LogP contribution in [0.25, 0.3) is 11.0 Å². The van der Waals surface area contributed by atoms with E-state index in [1.807, 2.05) is 29.2 Å². The lowest BCUT2D eigenvalue weighted by Gasteiger charge is -2.38. The van der Waals surface area contributed by atoms with Crippen LogP contribution in [0, 0.1) is 5.41 Å². The van der Waals surface area contributed by atoms with Crippen LogP contribution in [0.15, 0.2) is 24.3 Å². The molecule has 0 aliphatic carbocycles. The highest BCUT2D eigenvalue weighted by Gasteiger charge is 2.38. The number of fused-ring (bicyclic) bond motifs is 1. The highest BCUT2D eigenvalue weighted by molar-refractivity contribution is 7.89. The first kappa shape index (κ1) is 20.3. The highest BCUT2D eigenvalue weighted by atomic mass is 32.2. The van der Waals surface area contributed by atoms with Crippen LogP contribution in [0.5, 0.6) is 0 Å². The van der Waals surface area contributed by atoms with E-state index in [2.05, 4.69) is 4.98 Å². The van der Waals surface area contributed by atoms with Gasteiger partial charge in [-0.15, -0.1) is 0 Å². The van der Waals surface area contributed by atoms with E-state index in [9.17, 15) is 13.2 Å². The Balaban J connectivity index is 1.60. The molecular formula is C20H27N3O5S. The average molecular weight is 422 g/mol. The molecule has 0 atom stereocenters. The zero-order valence-corrected chi connectivity index (χ0v) is 17.5. The Morgan fingerprint density at radius 2 is 1.93 bits per heavy atom.